The number of amides is 1. The maximum Gasteiger partial charge on any atom is 0.410 e. The normalized spacial score (nSPS) is 33.2. The molecule has 6 heteroatoms. The Bertz CT molecular complexity index is 373. The van der Waals surface area contributed by atoms with Crippen molar-refractivity contribution in [2.45, 2.75) is 44.8 Å². The molecule has 0 aromatic heterocycles. The third-order valence-corrected chi connectivity index (χ3v) is 4.41. The lowest BCUT2D eigenvalue weighted by atomic mass is 9.72. The van der Waals surface area contributed by atoms with Gasteiger partial charge >= 0.3 is 12.1 Å². The van der Waals surface area contributed by atoms with Crippen LogP contribution in [0, 0.1) is 11.8 Å². The second-order valence-corrected chi connectivity index (χ2v) is 5.61. The Labute approximate surface area is 119 Å². The minimum absolute atomic E-state index is 0.272. The third kappa shape index (κ3) is 3.06. The molecule has 0 spiro atoms. The van der Waals surface area contributed by atoms with E-state index in [2.05, 4.69) is 0 Å². The average molecular weight is 285 g/mol. The minimum Gasteiger partial charge on any atom is -0.464 e. The first kappa shape index (κ1) is 15.1. The summed E-state index contributed by atoms with van der Waals surface area (Å²) in [6.07, 6.45) is 2.14. The van der Waals surface area contributed by atoms with Gasteiger partial charge in [-0.15, -0.1) is 0 Å². The number of ether oxygens (including phenoxy) is 2. The second-order valence-electron chi connectivity index (χ2n) is 5.61. The lowest BCUT2D eigenvalue weighted by Crippen LogP contribution is -2.55. The van der Waals surface area contributed by atoms with Gasteiger partial charge in [0, 0.05) is 6.54 Å². The number of hydrogen-bond acceptors (Lipinski definition) is 5. The highest BCUT2D eigenvalue weighted by Gasteiger charge is 2.44. The Morgan fingerprint density at radius 3 is 2.65 bits per heavy atom. The van der Waals surface area contributed by atoms with Crippen LogP contribution in [-0.2, 0) is 14.3 Å². The molecule has 1 aliphatic heterocycles. The average Bonchev–Trinajstić information content (AvgIpc) is 2.45. The van der Waals surface area contributed by atoms with Gasteiger partial charge in [-0.1, -0.05) is 0 Å². The van der Waals surface area contributed by atoms with E-state index in [1.54, 1.807) is 6.92 Å². The summed E-state index contributed by atoms with van der Waals surface area (Å²) < 4.78 is 9.84. The number of methoxy groups -OCH3 is 1. The third-order valence-electron chi connectivity index (χ3n) is 4.41. The van der Waals surface area contributed by atoms with E-state index in [4.69, 9.17) is 9.47 Å². The predicted molar refractivity (Wildman–Crippen MR) is 71.0 cm³/mol. The molecule has 2 aliphatic rings. The summed E-state index contributed by atoms with van der Waals surface area (Å²) >= 11 is 0. The number of rotatable bonds is 2. The Balaban J connectivity index is 2.13. The van der Waals surface area contributed by atoms with E-state index >= 15 is 0 Å². The maximum absolute atomic E-state index is 12.1. The van der Waals surface area contributed by atoms with Crippen LogP contribution < -0.4 is 0 Å². The molecule has 6 nitrogen and oxygen atoms in total. The number of nitrogens with zero attached hydrogens (tertiary/aromatic N) is 1. The number of fused-ring (bicyclic) bond motifs is 1. The number of piperidine rings is 1. The topological polar surface area (TPSA) is 76.1 Å². The van der Waals surface area contributed by atoms with E-state index in [0.29, 0.717) is 31.9 Å². The molecular formula is C14H23NO5. The molecule has 20 heavy (non-hydrogen) atoms. The van der Waals surface area contributed by atoms with Gasteiger partial charge in [0.1, 0.15) is 6.04 Å². The Morgan fingerprint density at radius 2 is 2.00 bits per heavy atom. The van der Waals surface area contributed by atoms with Gasteiger partial charge in [0.15, 0.2) is 0 Å². The van der Waals surface area contributed by atoms with Gasteiger partial charge in [-0.2, -0.15) is 0 Å². The molecule has 4 atom stereocenters. The first-order valence-electron chi connectivity index (χ1n) is 7.26. The van der Waals surface area contributed by atoms with Crippen molar-refractivity contribution in [1.82, 2.24) is 4.90 Å². The van der Waals surface area contributed by atoms with Crippen molar-refractivity contribution in [3.63, 3.8) is 0 Å². The van der Waals surface area contributed by atoms with Crippen molar-refractivity contribution in [2.75, 3.05) is 20.3 Å². The fourth-order valence-electron chi connectivity index (χ4n) is 3.41. The molecule has 2 fully saturated rings. The summed E-state index contributed by atoms with van der Waals surface area (Å²) in [5.41, 5.74) is 0. The number of likely N-dealkylation sites (tertiary alicyclic amines) is 1. The van der Waals surface area contributed by atoms with E-state index in [1.165, 1.54) is 12.0 Å². The van der Waals surface area contributed by atoms with Gasteiger partial charge in [0.25, 0.3) is 0 Å². The molecule has 1 saturated heterocycles. The summed E-state index contributed by atoms with van der Waals surface area (Å²) in [4.78, 5) is 25.4. The van der Waals surface area contributed by atoms with Crippen molar-refractivity contribution in [3.05, 3.63) is 0 Å². The zero-order valence-corrected chi connectivity index (χ0v) is 12.1. The molecule has 0 unspecified atom stereocenters. The number of esters is 1. The van der Waals surface area contributed by atoms with Crippen LogP contribution in [0.3, 0.4) is 0 Å². The zero-order valence-electron chi connectivity index (χ0n) is 12.1. The smallest absolute Gasteiger partial charge is 0.410 e. The van der Waals surface area contributed by atoms with Crippen LogP contribution in [0.4, 0.5) is 4.79 Å². The molecule has 1 saturated carbocycles. The van der Waals surface area contributed by atoms with Crippen LogP contribution in [0.25, 0.3) is 0 Å². The van der Waals surface area contributed by atoms with Crippen molar-refractivity contribution < 1.29 is 24.2 Å². The minimum atomic E-state index is -0.589. The Hall–Kier alpha value is -1.30. The van der Waals surface area contributed by atoms with E-state index in [1.807, 2.05) is 0 Å². The Morgan fingerprint density at radius 1 is 1.25 bits per heavy atom. The molecule has 0 radical (unpaired) electrons. The molecular weight excluding hydrogens is 262 g/mol. The van der Waals surface area contributed by atoms with Crippen LogP contribution in [0.5, 0.6) is 0 Å². The van der Waals surface area contributed by atoms with Crippen molar-refractivity contribution in [1.29, 1.82) is 0 Å². The number of aliphatic hydroxyl groups excluding tert-OH is 1. The van der Waals surface area contributed by atoms with Crippen LogP contribution in [-0.4, -0.2) is 54.5 Å². The van der Waals surface area contributed by atoms with Crippen LogP contribution in [0.2, 0.25) is 0 Å². The molecule has 1 aliphatic carbocycles. The van der Waals surface area contributed by atoms with Gasteiger partial charge < -0.3 is 14.6 Å². The van der Waals surface area contributed by atoms with Crippen LogP contribution in [0.15, 0.2) is 0 Å². The lowest BCUT2D eigenvalue weighted by molar-refractivity contribution is -0.152. The number of hydrogen-bond donors (Lipinski definition) is 1. The highest BCUT2D eigenvalue weighted by Crippen LogP contribution is 2.39. The first-order valence-corrected chi connectivity index (χ1v) is 7.26. The molecule has 0 aromatic carbocycles. The summed E-state index contributed by atoms with van der Waals surface area (Å²) in [6.45, 7) is 2.55. The number of carbonyl (C=O) groups is 2. The fourth-order valence-corrected chi connectivity index (χ4v) is 3.41. The van der Waals surface area contributed by atoms with E-state index in [-0.39, 0.29) is 18.0 Å². The Kier molecular flexibility index (Phi) is 4.86. The molecule has 2 rings (SSSR count). The lowest BCUT2D eigenvalue weighted by Gasteiger charge is -2.45. The zero-order chi connectivity index (χ0) is 14.7. The summed E-state index contributed by atoms with van der Waals surface area (Å²) in [5, 5.41) is 9.78. The first-order chi connectivity index (χ1) is 9.56. The highest BCUT2D eigenvalue weighted by molar-refractivity contribution is 5.81. The quantitative estimate of drug-likeness (QED) is 0.771. The molecule has 1 amide bonds. The molecule has 0 bridgehead atoms. The van der Waals surface area contributed by atoms with Crippen molar-refractivity contribution in [2.24, 2.45) is 11.8 Å². The summed E-state index contributed by atoms with van der Waals surface area (Å²) in [5.74, 6) is 0.230. The van der Waals surface area contributed by atoms with Gasteiger partial charge in [-0.25, -0.2) is 9.59 Å². The fraction of sp³-hybridized carbons (Fsp3) is 0.857. The van der Waals surface area contributed by atoms with Crippen LogP contribution >= 0.6 is 0 Å². The highest BCUT2D eigenvalue weighted by atomic mass is 16.6. The molecule has 1 heterocycles. The summed E-state index contributed by atoms with van der Waals surface area (Å²) in [7, 11) is 1.32. The predicted octanol–water partition coefficient (Wildman–Crippen LogP) is 1.17. The molecule has 0 aromatic rings. The maximum atomic E-state index is 12.1. The van der Waals surface area contributed by atoms with Gasteiger partial charge in [-0.3, -0.25) is 4.90 Å². The second kappa shape index (κ2) is 6.43. The van der Waals surface area contributed by atoms with Gasteiger partial charge in [-0.05, 0) is 44.4 Å². The van der Waals surface area contributed by atoms with Crippen LogP contribution in [0.1, 0.15) is 32.6 Å². The van der Waals surface area contributed by atoms with E-state index < -0.39 is 12.1 Å². The monoisotopic (exact) mass is 285 g/mol. The van der Waals surface area contributed by atoms with E-state index in [0.717, 1.165) is 12.8 Å². The standard InChI is InChI=1S/C14H23NO5/c1-3-20-13(17)12-7-10-6-11(16)5-4-9(10)8-15(12)14(18)19-2/h9-12,16H,3-8H2,1-2H3/t9-,10-,11-,12-/m0/s1. The number of carbonyl (C=O) groups excluding carboxylic acids is 2. The largest absolute Gasteiger partial charge is 0.464 e. The van der Waals surface area contributed by atoms with E-state index in [9.17, 15) is 14.7 Å². The van der Waals surface area contributed by atoms with Gasteiger partial charge in [0.2, 0.25) is 0 Å². The van der Waals surface area contributed by atoms with Crippen molar-refractivity contribution >= 4 is 12.1 Å². The van der Waals surface area contributed by atoms with Crippen molar-refractivity contribution in [3.8, 4) is 0 Å². The SMILES string of the molecule is CCOC(=O)[C@@H]1C[C@@H]2C[C@@H](O)CC[C@H]2CN1C(=O)OC. The molecule has 114 valence electrons. The molecule has 1 N–H and O–H groups in total. The number of aliphatic hydroxyl groups is 1. The van der Waals surface area contributed by atoms with Gasteiger partial charge in [0.05, 0.1) is 19.8 Å². The summed E-state index contributed by atoms with van der Waals surface area (Å²) in [6, 6.07) is -0.589.